The Kier molecular flexibility index (Phi) is 4.04. The van der Waals surface area contributed by atoms with Gasteiger partial charge in [-0.2, -0.15) is 0 Å². The topological polar surface area (TPSA) is 44.5 Å². The van der Waals surface area contributed by atoms with E-state index in [4.69, 9.17) is 15.2 Å². The zero-order chi connectivity index (χ0) is 14.0. The first-order valence-electron chi connectivity index (χ1n) is 7.01. The highest BCUT2D eigenvalue weighted by Gasteiger charge is 2.36. The highest BCUT2D eigenvalue weighted by Crippen LogP contribution is 2.42. The summed E-state index contributed by atoms with van der Waals surface area (Å²) in [5.41, 5.74) is 7.54. The van der Waals surface area contributed by atoms with Crippen LogP contribution in [0.3, 0.4) is 0 Å². The van der Waals surface area contributed by atoms with Gasteiger partial charge in [-0.15, -0.1) is 0 Å². The second-order valence-corrected chi connectivity index (χ2v) is 5.95. The van der Waals surface area contributed by atoms with Crippen LogP contribution in [0, 0.1) is 11.8 Å². The predicted octanol–water partition coefficient (Wildman–Crippen LogP) is 3.31. The quantitative estimate of drug-likeness (QED) is 0.910. The number of benzene rings is 1. The van der Waals surface area contributed by atoms with Gasteiger partial charge in [0.1, 0.15) is 11.5 Å². The third-order valence-corrected chi connectivity index (χ3v) is 4.63. The van der Waals surface area contributed by atoms with E-state index in [1.54, 1.807) is 14.2 Å². The molecule has 0 heterocycles. The first-order chi connectivity index (χ1) is 8.98. The molecule has 1 aliphatic carbocycles. The molecule has 2 rings (SSSR count). The van der Waals surface area contributed by atoms with Crippen LogP contribution in [0.5, 0.6) is 11.5 Å². The number of nitrogens with two attached hydrogens (primary N) is 1. The van der Waals surface area contributed by atoms with E-state index in [2.05, 4.69) is 13.8 Å². The van der Waals surface area contributed by atoms with Gasteiger partial charge in [0.25, 0.3) is 0 Å². The SMILES string of the molecule is COc1cc(OC)cc(C2(N)CCC(C)C(C)C2)c1. The van der Waals surface area contributed by atoms with Crippen molar-refractivity contribution in [1.29, 1.82) is 0 Å². The monoisotopic (exact) mass is 263 g/mol. The van der Waals surface area contributed by atoms with Gasteiger partial charge < -0.3 is 15.2 Å². The Morgan fingerprint density at radius 2 is 1.63 bits per heavy atom. The van der Waals surface area contributed by atoms with Crippen LogP contribution < -0.4 is 15.2 Å². The Bertz CT molecular complexity index is 424. The van der Waals surface area contributed by atoms with E-state index in [-0.39, 0.29) is 5.54 Å². The molecule has 1 saturated carbocycles. The van der Waals surface area contributed by atoms with E-state index < -0.39 is 0 Å². The van der Waals surface area contributed by atoms with Gasteiger partial charge in [-0.1, -0.05) is 13.8 Å². The van der Waals surface area contributed by atoms with Crippen molar-refractivity contribution >= 4 is 0 Å². The molecule has 19 heavy (non-hydrogen) atoms. The largest absolute Gasteiger partial charge is 0.497 e. The van der Waals surface area contributed by atoms with Crippen molar-refractivity contribution in [2.24, 2.45) is 17.6 Å². The molecule has 0 spiro atoms. The molecule has 1 aromatic carbocycles. The summed E-state index contributed by atoms with van der Waals surface area (Å²) in [6, 6.07) is 5.98. The Morgan fingerprint density at radius 3 is 2.11 bits per heavy atom. The Labute approximate surface area is 116 Å². The molecular formula is C16H25NO2. The molecule has 1 aromatic rings. The van der Waals surface area contributed by atoms with Crippen molar-refractivity contribution in [1.82, 2.24) is 0 Å². The van der Waals surface area contributed by atoms with E-state index in [1.165, 1.54) is 6.42 Å². The van der Waals surface area contributed by atoms with Crippen LogP contribution in [-0.2, 0) is 5.54 Å². The number of rotatable bonds is 3. The van der Waals surface area contributed by atoms with Crippen molar-refractivity contribution in [3.05, 3.63) is 23.8 Å². The van der Waals surface area contributed by atoms with Crippen LogP contribution in [0.2, 0.25) is 0 Å². The fourth-order valence-electron chi connectivity index (χ4n) is 3.00. The standard InChI is InChI=1S/C16H25NO2/c1-11-5-6-16(17,10-12(11)2)13-7-14(18-3)9-15(8-13)19-4/h7-9,11-12H,5-6,10,17H2,1-4H3. The maximum atomic E-state index is 6.67. The minimum Gasteiger partial charge on any atom is -0.497 e. The number of hydrogen-bond acceptors (Lipinski definition) is 3. The number of ether oxygens (including phenoxy) is 2. The molecule has 3 heteroatoms. The maximum Gasteiger partial charge on any atom is 0.122 e. The second-order valence-electron chi connectivity index (χ2n) is 5.95. The first kappa shape index (κ1) is 14.2. The van der Waals surface area contributed by atoms with Gasteiger partial charge in [-0.05, 0) is 48.8 Å². The molecular weight excluding hydrogens is 238 g/mol. The molecule has 0 aliphatic heterocycles. The molecule has 0 saturated heterocycles. The Hall–Kier alpha value is -1.22. The molecule has 0 amide bonds. The molecule has 106 valence electrons. The van der Waals surface area contributed by atoms with E-state index >= 15 is 0 Å². The molecule has 3 nitrogen and oxygen atoms in total. The van der Waals surface area contributed by atoms with Gasteiger partial charge in [0.15, 0.2) is 0 Å². The van der Waals surface area contributed by atoms with Crippen LogP contribution in [0.4, 0.5) is 0 Å². The lowest BCUT2D eigenvalue weighted by molar-refractivity contribution is 0.176. The second kappa shape index (κ2) is 5.41. The van der Waals surface area contributed by atoms with Crippen LogP contribution in [-0.4, -0.2) is 14.2 Å². The molecule has 1 aliphatic rings. The van der Waals surface area contributed by atoms with Crippen molar-refractivity contribution in [3.63, 3.8) is 0 Å². The van der Waals surface area contributed by atoms with Crippen molar-refractivity contribution in [2.75, 3.05) is 14.2 Å². The molecule has 0 radical (unpaired) electrons. The zero-order valence-electron chi connectivity index (χ0n) is 12.4. The van der Waals surface area contributed by atoms with Crippen LogP contribution in [0.25, 0.3) is 0 Å². The van der Waals surface area contributed by atoms with Crippen molar-refractivity contribution in [3.8, 4) is 11.5 Å². The average molecular weight is 263 g/mol. The lowest BCUT2D eigenvalue weighted by Gasteiger charge is -2.40. The predicted molar refractivity (Wildman–Crippen MR) is 77.6 cm³/mol. The van der Waals surface area contributed by atoms with Crippen molar-refractivity contribution in [2.45, 2.75) is 38.6 Å². The first-order valence-corrected chi connectivity index (χ1v) is 7.01. The van der Waals surface area contributed by atoms with Gasteiger partial charge in [0.05, 0.1) is 14.2 Å². The minimum absolute atomic E-state index is 0.256. The van der Waals surface area contributed by atoms with E-state index in [0.29, 0.717) is 5.92 Å². The summed E-state index contributed by atoms with van der Waals surface area (Å²) in [4.78, 5) is 0. The fourth-order valence-corrected chi connectivity index (χ4v) is 3.00. The summed E-state index contributed by atoms with van der Waals surface area (Å²) in [7, 11) is 3.35. The molecule has 0 bridgehead atoms. The summed E-state index contributed by atoms with van der Waals surface area (Å²) < 4.78 is 10.7. The van der Waals surface area contributed by atoms with E-state index in [9.17, 15) is 0 Å². The molecule has 1 fully saturated rings. The summed E-state index contributed by atoms with van der Waals surface area (Å²) >= 11 is 0. The highest BCUT2D eigenvalue weighted by atomic mass is 16.5. The fraction of sp³-hybridized carbons (Fsp3) is 0.625. The minimum atomic E-state index is -0.256. The molecule has 3 atom stereocenters. The van der Waals surface area contributed by atoms with E-state index in [0.717, 1.165) is 35.8 Å². The Morgan fingerprint density at radius 1 is 1.05 bits per heavy atom. The summed E-state index contributed by atoms with van der Waals surface area (Å²) in [5, 5.41) is 0. The van der Waals surface area contributed by atoms with Crippen molar-refractivity contribution < 1.29 is 9.47 Å². The van der Waals surface area contributed by atoms with Crippen LogP contribution in [0.1, 0.15) is 38.7 Å². The lowest BCUT2D eigenvalue weighted by atomic mass is 9.69. The average Bonchev–Trinajstić information content (AvgIpc) is 2.42. The van der Waals surface area contributed by atoms with Crippen LogP contribution in [0.15, 0.2) is 18.2 Å². The summed E-state index contributed by atoms with van der Waals surface area (Å²) in [6.45, 7) is 4.61. The summed E-state index contributed by atoms with van der Waals surface area (Å²) in [5.74, 6) is 3.02. The number of methoxy groups -OCH3 is 2. The summed E-state index contributed by atoms with van der Waals surface area (Å²) in [6.07, 6.45) is 3.22. The third-order valence-electron chi connectivity index (χ3n) is 4.63. The molecule has 2 N–H and O–H groups in total. The zero-order valence-corrected chi connectivity index (χ0v) is 12.4. The lowest BCUT2D eigenvalue weighted by Crippen LogP contribution is -2.43. The maximum absolute atomic E-state index is 6.67. The molecule has 0 aromatic heterocycles. The Balaban J connectivity index is 2.34. The van der Waals surface area contributed by atoms with Gasteiger partial charge in [-0.3, -0.25) is 0 Å². The third kappa shape index (κ3) is 2.86. The highest BCUT2D eigenvalue weighted by molar-refractivity contribution is 5.41. The van der Waals surface area contributed by atoms with E-state index in [1.807, 2.05) is 18.2 Å². The molecule has 3 unspecified atom stereocenters. The van der Waals surface area contributed by atoms with Gasteiger partial charge >= 0.3 is 0 Å². The van der Waals surface area contributed by atoms with Gasteiger partial charge in [-0.25, -0.2) is 0 Å². The number of hydrogen-bond donors (Lipinski definition) is 1. The van der Waals surface area contributed by atoms with Crippen LogP contribution >= 0.6 is 0 Å². The van der Waals surface area contributed by atoms with Gasteiger partial charge in [0, 0.05) is 11.6 Å². The normalized spacial score (nSPS) is 31.0. The smallest absolute Gasteiger partial charge is 0.122 e. The van der Waals surface area contributed by atoms with Gasteiger partial charge in [0.2, 0.25) is 0 Å².